The monoisotopic (exact) mass is 526 g/mol. The van der Waals surface area contributed by atoms with Crippen molar-refractivity contribution in [2.75, 3.05) is 31.9 Å². The fraction of sp³-hybridized carbons (Fsp3) is 0.250. The van der Waals surface area contributed by atoms with Gasteiger partial charge in [0.2, 0.25) is 0 Å². The van der Waals surface area contributed by atoms with Gasteiger partial charge in [-0.15, -0.1) is 0 Å². The third-order valence-corrected chi connectivity index (χ3v) is 8.35. The molecular formula is C32H30N8. The molecule has 0 amide bonds. The third kappa shape index (κ3) is 4.34. The number of nitrogen functional groups attached to an aromatic ring is 1. The molecule has 7 rings (SSSR count). The number of benzene rings is 2. The van der Waals surface area contributed by atoms with E-state index >= 15 is 0 Å². The summed E-state index contributed by atoms with van der Waals surface area (Å²) in [6, 6.07) is 26.7. The Morgan fingerprint density at radius 3 is 2.48 bits per heavy atom. The topological polar surface area (TPSA) is 99.9 Å². The maximum absolute atomic E-state index is 9.30. The van der Waals surface area contributed by atoms with Crippen molar-refractivity contribution >= 4 is 17.0 Å². The van der Waals surface area contributed by atoms with Gasteiger partial charge in [0.25, 0.3) is 0 Å². The number of likely N-dealkylation sites (tertiary alicyclic amines) is 2. The van der Waals surface area contributed by atoms with Gasteiger partial charge >= 0.3 is 0 Å². The van der Waals surface area contributed by atoms with Gasteiger partial charge in [0, 0.05) is 49.0 Å². The molecule has 2 aromatic carbocycles. The van der Waals surface area contributed by atoms with Crippen LogP contribution in [-0.4, -0.2) is 55.5 Å². The van der Waals surface area contributed by atoms with Crippen molar-refractivity contribution in [3.63, 3.8) is 0 Å². The molecule has 2 fully saturated rings. The lowest BCUT2D eigenvalue weighted by molar-refractivity contribution is 0.257. The van der Waals surface area contributed by atoms with Gasteiger partial charge < -0.3 is 10.6 Å². The van der Waals surface area contributed by atoms with E-state index in [0.717, 1.165) is 85.1 Å². The number of imidazole rings is 1. The quantitative estimate of drug-likeness (QED) is 0.318. The molecular weight excluding hydrogens is 496 g/mol. The summed E-state index contributed by atoms with van der Waals surface area (Å²) in [6.45, 7) is 4.81. The van der Waals surface area contributed by atoms with E-state index in [9.17, 15) is 5.26 Å². The van der Waals surface area contributed by atoms with Crippen molar-refractivity contribution in [1.29, 1.82) is 5.26 Å². The molecule has 0 unspecified atom stereocenters. The molecule has 3 aromatic heterocycles. The first-order chi connectivity index (χ1) is 19.6. The number of aromatic nitrogens is 4. The van der Waals surface area contributed by atoms with E-state index in [1.807, 2.05) is 47.4 Å². The van der Waals surface area contributed by atoms with Gasteiger partial charge in [-0.3, -0.25) is 9.47 Å². The van der Waals surface area contributed by atoms with Crippen LogP contribution in [0.5, 0.6) is 0 Å². The summed E-state index contributed by atoms with van der Waals surface area (Å²) in [5.74, 6) is 1.15. The summed E-state index contributed by atoms with van der Waals surface area (Å²) >= 11 is 0. The number of hydrogen-bond acceptors (Lipinski definition) is 7. The lowest BCUT2D eigenvalue weighted by atomic mass is 9.86. The highest BCUT2D eigenvalue weighted by molar-refractivity contribution is 5.84. The molecule has 2 aliphatic rings. The van der Waals surface area contributed by atoms with Crippen LogP contribution in [0.25, 0.3) is 39.5 Å². The average molecular weight is 527 g/mol. The lowest BCUT2D eigenvalue weighted by Gasteiger charge is -2.23. The Hall–Kier alpha value is -4.74. The second-order valence-corrected chi connectivity index (χ2v) is 11.0. The number of pyridine rings is 2. The molecule has 198 valence electrons. The fourth-order valence-electron chi connectivity index (χ4n) is 6.28. The van der Waals surface area contributed by atoms with Crippen LogP contribution in [0.3, 0.4) is 0 Å². The van der Waals surface area contributed by atoms with Crippen LogP contribution in [0.15, 0.2) is 85.1 Å². The van der Waals surface area contributed by atoms with E-state index in [-0.39, 0.29) is 5.41 Å². The van der Waals surface area contributed by atoms with Gasteiger partial charge in [-0.25, -0.2) is 15.0 Å². The molecule has 8 nitrogen and oxygen atoms in total. The zero-order chi connectivity index (χ0) is 27.1. The van der Waals surface area contributed by atoms with Gasteiger partial charge in [-0.05, 0) is 61.3 Å². The maximum Gasteiger partial charge on any atom is 0.179 e. The summed E-state index contributed by atoms with van der Waals surface area (Å²) in [5.41, 5.74) is 13.1. The molecule has 1 atom stereocenters. The first-order valence-corrected chi connectivity index (χ1v) is 13.7. The van der Waals surface area contributed by atoms with Crippen molar-refractivity contribution in [2.45, 2.75) is 19.4 Å². The number of nitriles is 1. The minimum Gasteiger partial charge on any atom is -0.383 e. The number of nitrogens with two attached hydrogens (primary N) is 1. The van der Waals surface area contributed by atoms with Crippen LogP contribution in [0.2, 0.25) is 0 Å². The largest absolute Gasteiger partial charge is 0.383 e. The Bertz CT molecular complexity index is 1720. The number of hydrogen-bond donors (Lipinski definition) is 1. The fourth-order valence-corrected chi connectivity index (χ4v) is 6.28. The van der Waals surface area contributed by atoms with Gasteiger partial charge in [0.1, 0.15) is 11.3 Å². The number of anilines is 1. The molecule has 2 aliphatic heterocycles. The van der Waals surface area contributed by atoms with Crippen molar-refractivity contribution in [3.05, 3.63) is 90.6 Å². The molecule has 5 aromatic rings. The smallest absolute Gasteiger partial charge is 0.179 e. The summed E-state index contributed by atoms with van der Waals surface area (Å²) in [7, 11) is 0. The number of nitrogens with zero attached hydrogens (tertiary/aromatic N) is 7. The predicted octanol–water partition coefficient (Wildman–Crippen LogP) is 5.11. The number of rotatable bonds is 5. The summed E-state index contributed by atoms with van der Waals surface area (Å²) in [5, 5.41) is 9.30. The highest BCUT2D eigenvalue weighted by Crippen LogP contribution is 2.40. The van der Waals surface area contributed by atoms with Crippen molar-refractivity contribution in [1.82, 2.24) is 29.3 Å². The third-order valence-electron chi connectivity index (χ3n) is 8.35. The van der Waals surface area contributed by atoms with E-state index in [1.165, 1.54) is 5.56 Å². The summed E-state index contributed by atoms with van der Waals surface area (Å²) in [4.78, 5) is 18.8. The zero-order valence-electron chi connectivity index (χ0n) is 22.2. The second-order valence-electron chi connectivity index (χ2n) is 11.0. The van der Waals surface area contributed by atoms with Crippen LogP contribution in [0, 0.1) is 16.9 Å². The van der Waals surface area contributed by atoms with Crippen LogP contribution in [-0.2, 0) is 6.54 Å². The van der Waals surface area contributed by atoms with E-state index in [0.29, 0.717) is 5.82 Å². The molecule has 2 N–H and O–H groups in total. The van der Waals surface area contributed by atoms with Crippen LogP contribution in [0.1, 0.15) is 18.4 Å². The number of fused-ring (bicyclic) bond motifs is 1. The average Bonchev–Trinajstić information content (AvgIpc) is 3.70. The van der Waals surface area contributed by atoms with Crippen molar-refractivity contribution in [3.8, 4) is 34.5 Å². The minimum absolute atomic E-state index is 0.270. The SMILES string of the molecule is N#CN1CC[C@]2(CCN(Cc3ccc(-n4c(-c5cccnc5N)nc5ccc(-c6ccccc6)nc54)cc3)C2)C1. The highest BCUT2D eigenvalue weighted by Gasteiger charge is 2.43. The lowest BCUT2D eigenvalue weighted by Crippen LogP contribution is -2.29. The van der Waals surface area contributed by atoms with Gasteiger partial charge in [0.15, 0.2) is 17.7 Å². The Balaban J connectivity index is 1.23. The Morgan fingerprint density at radius 2 is 1.70 bits per heavy atom. The molecule has 0 aliphatic carbocycles. The summed E-state index contributed by atoms with van der Waals surface area (Å²) in [6.07, 6.45) is 6.30. The Kier molecular flexibility index (Phi) is 5.94. The van der Waals surface area contributed by atoms with Gasteiger partial charge in [-0.2, -0.15) is 5.26 Å². The minimum atomic E-state index is 0.270. The van der Waals surface area contributed by atoms with Crippen LogP contribution < -0.4 is 5.73 Å². The molecule has 0 radical (unpaired) electrons. The maximum atomic E-state index is 9.30. The molecule has 1 spiro atoms. The van der Waals surface area contributed by atoms with Crippen LogP contribution >= 0.6 is 0 Å². The van der Waals surface area contributed by atoms with E-state index in [1.54, 1.807) is 6.20 Å². The first kappa shape index (κ1) is 24.3. The van der Waals surface area contributed by atoms with Gasteiger partial charge in [0.05, 0.1) is 11.3 Å². The molecule has 40 heavy (non-hydrogen) atoms. The van der Waals surface area contributed by atoms with E-state index < -0.39 is 0 Å². The second kappa shape index (κ2) is 9.78. The molecule has 5 heterocycles. The molecule has 0 saturated carbocycles. The van der Waals surface area contributed by atoms with Gasteiger partial charge in [-0.1, -0.05) is 42.5 Å². The first-order valence-electron chi connectivity index (χ1n) is 13.7. The van der Waals surface area contributed by atoms with Crippen molar-refractivity contribution < 1.29 is 0 Å². The molecule has 2 saturated heterocycles. The summed E-state index contributed by atoms with van der Waals surface area (Å²) < 4.78 is 2.08. The Labute approximate surface area is 233 Å². The Morgan fingerprint density at radius 1 is 0.875 bits per heavy atom. The van der Waals surface area contributed by atoms with E-state index in [4.69, 9.17) is 15.7 Å². The zero-order valence-corrected chi connectivity index (χ0v) is 22.2. The molecule has 8 heteroatoms. The van der Waals surface area contributed by atoms with E-state index in [2.05, 4.69) is 57.0 Å². The van der Waals surface area contributed by atoms with Crippen LogP contribution in [0.4, 0.5) is 5.82 Å². The highest BCUT2D eigenvalue weighted by atomic mass is 15.2. The predicted molar refractivity (Wildman–Crippen MR) is 156 cm³/mol. The van der Waals surface area contributed by atoms with Crippen molar-refractivity contribution in [2.24, 2.45) is 5.41 Å². The normalized spacial score (nSPS) is 19.0. The molecule has 0 bridgehead atoms. The standard InChI is InChI=1S/C32H30N8/c33-22-39-18-15-32(21-39)14-17-38(20-32)19-23-8-10-25(11-9-23)40-30(26-7-4-16-35-29(26)34)37-28-13-12-27(36-31(28)40)24-5-2-1-3-6-24/h1-13,16H,14-15,17-21H2,(H2,34,35)/t32-/m0/s1.